The second-order valence-corrected chi connectivity index (χ2v) is 9.99. The molecule has 2 aliphatic rings. The predicted octanol–water partition coefficient (Wildman–Crippen LogP) is 9.25. The number of nitriles is 3. The molecule has 0 aromatic heterocycles. The SMILES string of the molecule is [C-]#[N+]/C(C#N)=C1C2=C(/C(=C(\C#N)[N+]#[C-])c3cc(-c4cc(F)c([N+]#[C-])c(F)c4)ccc32)c2ccc(-c3cc(F)c(C#N)c(F)c3)cc2\1. The van der Waals surface area contributed by atoms with E-state index >= 15 is 0 Å². The zero-order valence-corrected chi connectivity index (χ0v) is 23.0. The van der Waals surface area contributed by atoms with Crippen LogP contribution < -0.4 is 0 Å². The molecule has 212 valence electrons. The first-order valence-electron chi connectivity index (χ1n) is 13.1. The van der Waals surface area contributed by atoms with Crippen LogP contribution in [0.15, 0.2) is 72.1 Å². The molecule has 0 spiro atoms. The Kier molecular flexibility index (Phi) is 6.77. The van der Waals surface area contributed by atoms with Crippen molar-refractivity contribution in [3.8, 4) is 40.5 Å². The van der Waals surface area contributed by atoms with E-state index in [1.807, 2.05) is 12.1 Å². The van der Waals surface area contributed by atoms with Crippen molar-refractivity contribution in [2.75, 3.05) is 0 Å². The average molecular weight is 603 g/mol. The molecule has 46 heavy (non-hydrogen) atoms. The van der Waals surface area contributed by atoms with Gasteiger partial charge in [0.1, 0.15) is 34.9 Å². The molecule has 0 heterocycles. The molecule has 10 heteroatoms. The topological polar surface area (TPSA) is 84.4 Å². The lowest BCUT2D eigenvalue weighted by atomic mass is 9.88. The van der Waals surface area contributed by atoms with E-state index in [1.54, 1.807) is 18.2 Å². The van der Waals surface area contributed by atoms with E-state index < -0.39 is 34.5 Å². The molecule has 0 fully saturated rings. The van der Waals surface area contributed by atoms with Gasteiger partial charge in [-0.1, -0.05) is 24.3 Å². The van der Waals surface area contributed by atoms with E-state index in [2.05, 4.69) is 14.5 Å². The van der Waals surface area contributed by atoms with Crippen LogP contribution in [-0.4, -0.2) is 0 Å². The lowest BCUT2D eigenvalue weighted by Crippen LogP contribution is -1.97. The Morgan fingerprint density at radius 2 is 0.957 bits per heavy atom. The maximum Gasteiger partial charge on any atom is 0.270 e. The lowest BCUT2D eigenvalue weighted by molar-refractivity contribution is 0.577. The summed E-state index contributed by atoms with van der Waals surface area (Å²) in [4.78, 5) is 9.70. The summed E-state index contributed by atoms with van der Waals surface area (Å²) in [6, 6.07) is 18.6. The van der Waals surface area contributed by atoms with Gasteiger partial charge in [-0.25, -0.2) is 42.6 Å². The van der Waals surface area contributed by atoms with E-state index in [1.165, 1.54) is 24.3 Å². The zero-order valence-electron chi connectivity index (χ0n) is 23.0. The maximum atomic E-state index is 14.5. The second kappa shape index (κ2) is 10.8. The summed E-state index contributed by atoms with van der Waals surface area (Å²) in [5, 5.41) is 29.0. The summed E-state index contributed by atoms with van der Waals surface area (Å²) in [7, 11) is 0. The largest absolute Gasteiger partial charge is 0.270 e. The molecule has 0 amide bonds. The van der Waals surface area contributed by atoms with Crippen molar-refractivity contribution in [3.05, 3.63) is 157 Å². The zero-order chi connectivity index (χ0) is 32.9. The number of nitrogens with zero attached hydrogens (tertiary/aromatic N) is 6. The van der Waals surface area contributed by atoms with Crippen molar-refractivity contribution >= 4 is 28.0 Å². The van der Waals surface area contributed by atoms with Crippen LogP contribution in [-0.2, 0) is 0 Å². The molecule has 0 unspecified atom stereocenters. The average Bonchev–Trinajstić information content (AvgIpc) is 3.54. The first-order valence-corrected chi connectivity index (χ1v) is 13.1. The van der Waals surface area contributed by atoms with Gasteiger partial charge in [0.2, 0.25) is 0 Å². The number of allylic oxidation sites excluding steroid dienone is 6. The molecule has 4 aromatic rings. The summed E-state index contributed by atoms with van der Waals surface area (Å²) in [6.45, 7) is 22.5. The Morgan fingerprint density at radius 3 is 1.30 bits per heavy atom. The first kappa shape index (κ1) is 28.9. The van der Waals surface area contributed by atoms with Crippen LogP contribution in [0.3, 0.4) is 0 Å². The van der Waals surface area contributed by atoms with E-state index in [0.29, 0.717) is 44.5 Å². The molecule has 0 atom stereocenters. The quantitative estimate of drug-likeness (QED) is 0.130. The first-order chi connectivity index (χ1) is 22.2. The summed E-state index contributed by atoms with van der Waals surface area (Å²) in [5.74, 6) is -4.26. The molecule has 0 saturated heterocycles. The van der Waals surface area contributed by atoms with E-state index in [9.17, 15) is 28.1 Å². The minimum atomic E-state index is -1.07. The monoisotopic (exact) mass is 602 g/mol. The van der Waals surface area contributed by atoms with Gasteiger partial charge in [-0.05, 0) is 92.1 Å². The highest BCUT2D eigenvalue weighted by molar-refractivity contribution is 6.37. The van der Waals surface area contributed by atoms with Crippen molar-refractivity contribution in [2.24, 2.45) is 0 Å². The summed E-state index contributed by atoms with van der Waals surface area (Å²) < 4.78 is 58.1. The molecule has 0 saturated carbocycles. The molecule has 2 aliphatic carbocycles. The van der Waals surface area contributed by atoms with Crippen molar-refractivity contribution in [2.45, 2.75) is 0 Å². The van der Waals surface area contributed by atoms with Gasteiger partial charge in [0.15, 0.2) is 0 Å². The third-order valence-corrected chi connectivity index (χ3v) is 7.72. The lowest BCUT2D eigenvalue weighted by Gasteiger charge is -2.15. The van der Waals surface area contributed by atoms with Crippen molar-refractivity contribution in [1.29, 1.82) is 15.8 Å². The van der Waals surface area contributed by atoms with Crippen LogP contribution in [0.1, 0.15) is 27.8 Å². The van der Waals surface area contributed by atoms with Gasteiger partial charge in [-0.2, -0.15) is 5.26 Å². The Bertz CT molecular complexity index is 2230. The highest BCUT2D eigenvalue weighted by Gasteiger charge is 2.40. The van der Waals surface area contributed by atoms with Crippen LogP contribution >= 0.6 is 0 Å². The van der Waals surface area contributed by atoms with Crippen LogP contribution in [0.5, 0.6) is 0 Å². The number of benzene rings is 4. The molecule has 0 radical (unpaired) electrons. The third-order valence-electron chi connectivity index (χ3n) is 7.72. The van der Waals surface area contributed by atoms with E-state index in [4.69, 9.17) is 25.0 Å². The maximum absolute atomic E-state index is 14.5. The van der Waals surface area contributed by atoms with E-state index in [-0.39, 0.29) is 33.7 Å². The number of rotatable bonds is 2. The second-order valence-electron chi connectivity index (χ2n) is 9.99. The molecular formula is C36H10F4N6. The van der Waals surface area contributed by atoms with Gasteiger partial charge < -0.3 is 0 Å². The molecular weight excluding hydrogens is 592 g/mol. The molecule has 6 nitrogen and oxygen atoms in total. The molecule has 0 bridgehead atoms. The summed E-state index contributed by atoms with van der Waals surface area (Å²) in [5.41, 5.74) is 1.28. The van der Waals surface area contributed by atoms with Crippen LogP contribution in [0.25, 0.3) is 59.1 Å². The molecule has 0 aliphatic heterocycles. The van der Waals surface area contributed by atoms with Gasteiger partial charge in [-0.3, -0.25) is 0 Å². The summed E-state index contributed by atoms with van der Waals surface area (Å²) in [6.07, 6.45) is 0. The Balaban J connectivity index is 1.62. The van der Waals surface area contributed by atoms with Gasteiger partial charge in [0.05, 0.1) is 31.9 Å². The Hall–Kier alpha value is -7.24. The van der Waals surface area contributed by atoms with Crippen LogP contribution in [0, 0.1) is 77.0 Å². The third kappa shape index (κ3) is 4.12. The van der Waals surface area contributed by atoms with Crippen molar-refractivity contribution in [1.82, 2.24) is 0 Å². The molecule has 0 N–H and O–H groups in total. The van der Waals surface area contributed by atoms with Gasteiger partial charge >= 0.3 is 0 Å². The van der Waals surface area contributed by atoms with Crippen molar-refractivity contribution < 1.29 is 17.6 Å². The standard InChI is InChI=1S/C36H10F4N6/c1-44-30(15-42)32-23-8-17(19-10-26(37)25(14-41)27(38)11-19)4-6-21(23)34-33(31(16-43)45-2)24-9-18(5-7-22(24)35(32)34)20-12-28(39)36(46-3)29(40)13-20/h4-13H/b32-30-,33-31+. The Labute approximate surface area is 259 Å². The number of halogens is 4. The number of hydrogen-bond acceptors (Lipinski definition) is 3. The number of fused-ring (bicyclic) bond motifs is 4. The fourth-order valence-corrected chi connectivity index (χ4v) is 5.81. The normalized spacial score (nSPS) is 14.4. The van der Waals surface area contributed by atoms with Crippen LogP contribution in [0.2, 0.25) is 0 Å². The Morgan fingerprint density at radius 1 is 0.543 bits per heavy atom. The molecule has 4 aromatic carbocycles. The van der Waals surface area contributed by atoms with Crippen LogP contribution in [0.4, 0.5) is 23.2 Å². The minimum Gasteiger partial charge on any atom is -0.232 e. The number of hydrogen-bond donors (Lipinski definition) is 0. The van der Waals surface area contributed by atoms with Gasteiger partial charge in [-0.15, -0.1) is 0 Å². The fourth-order valence-electron chi connectivity index (χ4n) is 5.81. The minimum absolute atomic E-state index is 0.0907. The van der Waals surface area contributed by atoms with E-state index in [0.717, 1.165) is 24.3 Å². The smallest absolute Gasteiger partial charge is 0.232 e. The van der Waals surface area contributed by atoms with Gasteiger partial charge in [0, 0.05) is 11.1 Å². The van der Waals surface area contributed by atoms with Crippen molar-refractivity contribution in [3.63, 3.8) is 0 Å². The highest BCUT2D eigenvalue weighted by Crippen LogP contribution is 2.60. The summed E-state index contributed by atoms with van der Waals surface area (Å²) >= 11 is 0. The molecule has 6 rings (SSSR count). The fraction of sp³-hybridized carbons (Fsp3) is 0. The predicted molar refractivity (Wildman–Crippen MR) is 160 cm³/mol. The highest BCUT2D eigenvalue weighted by atomic mass is 19.1. The van der Waals surface area contributed by atoms with Gasteiger partial charge in [0.25, 0.3) is 17.1 Å².